The third-order valence-electron chi connectivity index (χ3n) is 4.08. The number of ether oxygens (including phenoxy) is 1. The van der Waals surface area contributed by atoms with Gasteiger partial charge in [-0.2, -0.15) is 26.3 Å². The van der Waals surface area contributed by atoms with E-state index in [0.29, 0.717) is 12.5 Å². The maximum Gasteiger partial charge on any atom is 0.433 e. The standard InChI is InChI=1S/C17H13F6N3O2/c18-16(19,20)11-3-5-24-14(7-11)28-12-4-6-26(9-12)15(27)10-1-2-13(25-8-10)17(21,22)23/h1-3,5,7-8,12H,4,6,9H2. The number of carbonyl (C=O) groups excluding carboxylic acids is 1. The van der Waals surface area contributed by atoms with Gasteiger partial charge < -0.3 is 9.64 Å². The molecule has 1 amide bonds. The number of hydrogen-bond donors (Lipinski definition) is 0. The fraction of sp³-hybridized carbons (Fsp3) is 0.353. The number of aromatic nitrogens is 2. The van der Waals surface area contributed by atoms with E-state index in [2.05, 4.69) is 9.97 Å². The van der Waals surface area contributed by atoms with Crippen LogP contribution < -0.4 is 4.74 Å². The van der Waals surface area contributed by atoms with Crippen LogP contribution in [-0.2, 0) is 12.4 Å². The molecular weight excluding hydrogens is 392 g/mol. The highest BCUT2D eigenvalue weighted by Gasteiger charge is 2.34. The van der Waals surface area contributed by atoms with E-state index in [1.165, 1.54) is 4.90 Å². The van der Waals surface area contributed by atoms with E-state index in [-0.39, 0.29) is 24.5 Å². The van der Waals surface area contributed by atoms with Crippen molar-refractivity contribution in [3.05, 3.63) is 53.5 Å². The summed E-state index contributed by atoms with van der Waals surface area (Å²) < 4.78 is 81.2. The van der Waals surface area contributed by atoms with Crippen molar-refractivity contribution in [3.63, 3.8) is 0 Å². The lowest BCUT2D eigenvalue weighted by Crippen LogP contribution is -2.31. The van der Waals surface area contributed by atoms with E-state index in [4.69, 9.17) is 4.74 Å². The molecule has 1 atom stereocenters. The van der Waals surface area contributed by atoms with Crippen LogP contribution in [0.25, 0.3) is 0 Å². The Hall–Kier alpha value is -2.85. The third-order valence-corrected chi connectivity index (χ3v) is 4.08. The molecule has 3 rings (SSSR count). The van der Waals surface area contributed by atoms with Gasteiger partial charge in [0.15, 0.2) is 0 Å². The maximum atomic E-state index is 12.7. The molecule has 0 bridgehead atoms. The molecule has 28 heavy (non-hydrogen) atoms. The molecule has 2 aromatic rings. The molecule has 1 unspecified atom stereocenters. The van der Waals surface area contributed by atoms with Gasteiger partial charge in [-0.25, -0.2) is 4.98 Å². The van der Waals surface area contributed by atoms with Crippen molar-refractivity contribution in [2.75, 3.05) is 13.1 Å². The highest BCUT2D eigenvalue weighted by atomic mass is 19.4. The first-order valence-corrected chi connectivity index (χ1v) is 8.06. The summed E-state index contributed by atoms with van der Waals surface area (Å²) in [7, 11) is 0. The smallest absolute Gasteiger partial charge is 0.433 e. The van der Waals surface area contributed by atoms with Crippen molar-refractivity contribution >= 4 is 5.91 Å². The number of hydrogen-bond acceptors (Lipinski definition) is 4. The van der Waals surface area contributed by atoms with Gasteiger partial charge in [0.25, 0.3) is 5.91 Å². The quantitative estimate of drug-likeness (QED) is 0.729. The van der Waals surface area contributed by atoms with E-state index >= 15 is 0 Å². The number of pyridine rings is 2. The molecule has 0 radical (unpaired) electrons. The minimum absolute atomic E-state index is 0.0224. The van der Waals surface area contributed by atoms with Crippen molar-refractivity contribution in [2.24, 2.45) is 0 Å². The van der Waals surface area contributed by atoms with E-state index in [0.717, 1.165) is 30.6 Å². The van der Waals surface area contributed by atoms with E-state index in [1.807, 2.05) is 0 Å². The Labute approximate surface area is 155 Å². The van der Waals surface area contributed by atoms with Gasteiger partial charge in [0.1, 0.15) is 11.8 Å². The Kier molecular flexibility index (Phi) is 5.18. The second-order valence-corrected chi connectivity index (χ2v) is 6.09. The van der Waals surface area contributed by atoms with Gasteiger partial charge in [-0.1, -0.05) is 0 Å². The Morgan fingerprint density at radius 2 is 1.82 bits per heavy atom. The largest absolute Gasteiger partial charge is 0.472 e. The lowest BCUT2D eigenvalue weighted by Gasteiger charge is -2.17. The number of halogens is 6. The van der Waals surface area contributed by atoms with Crippen LogP contribution in [0.5, 0.6) is 5.88 Å². The van der Waals surface area contributed by atoms with Crippen molar-refractivity contribution < 1.29 is 35.9 Å². The average molecular weight is 405 g/mol. The predicted octanol–water partition coefficient (Wildman–Crippen LogP) is 3.81. The SMILES string of the molecule is O=C(c1ccc(C(F)(F)F)nc1)N1CCC(Oc2cc(C(F)(F)F)ccn2)C1. The Morgan fingerprint density at radius 3 is 2.43 bits per heavy atom. The summed E-state index contributed by atoms with van der Waals surface area (Å²) in [4.78, 5) is 20.7. The lowest BCUT2D eigenvalue weighted by atomic mass is 10.2. The van der Waals surface area contributed by atoms with Crippen molar-refractivity contribution in [2.45, 2.75) is 24.9 Å². The highest BCUT2D eigenvalue weighted by molar-refractivity contribution is 5.94. The maximum absolute atomic E-state index is 12.7. The fourth-order valence-electron chi connectivity index (χ4n) is 2.70. The highest BCUT2D eigenvalue weighted by Crippen LogP contribution is 2.31. The van der Waals surface area contributed by atoms with Crippen LogP contribution in [0.1, 0.15) is 28.0 Å². The van der Waals surface area contributed by atoms with E-state index in [9.17, 15) is 31.1 Å². The average Bonchev–Trinajstić information content (AvgIpc) is 3.08. The molecule has 11 heteroatoms. The number of likely N-dealkylation sites (tertiary alicyclic amines) is 1. The number of alkyl halides is 6. The number of carbonyl (C=O) groups is 1. The van der Waals surface area contributed by atoms with E-state index in [1.54, 1.807) is 0 Å². The number of nitrogens with zero attached hydrogens (tertiary/aromatic N) is 3. The molecule has 5 nitrogen and oxygen atoms in total. The molecule has 0 saturated carbocycles. The third kappa shape index (κ3) is 4.52. The summed E-state index contributed by atoms with van der Waals surface area (Å²) in [5.74, 6) is -0.755. The zero-order valence-electron chi connectivity index (χ0n) is 14.1. The number of rotatable bonds is 3. The molecule has 1 saturated heterocycles. The fourth-order valence-corrected chi connectivity index (χ4v) is 2.70. The second-order valence-electron chi connectivity index (χ2n) is 6.09. The monoisotopic (exact) mass is 405 g/mol. The lowest BCUT2D eigenvalue weighted by molar-refractivity contribution is -0.141. The Morgan fingerprint density at radius 1 is 1.07 bits per heavy atom. The number of amides is 1. The van der Waals surface area contributed by atoms with Crippen LogP contribution in [0.2, 0.25) is 0 Å². The van der Waals surface area contributed by atoms with Crippen molar-refractivity contribution in [1.29, 1.82) is 0 Å². The molecule has 3 heterocycles. The van der Waals surface area contributed by atoms with E-state index < -0.39 is 35.6 Å². The first-order chi connectivity index (χ1) is 13.0. The minimum atomic E-state index is -4.61. The molecule has 0 spiro atoms. The second kappa shape index (κ2) is 7.28. The minimum Gasteiger partial charge on any atom is -0.472 e. The zero-order valence-corrected chi connectivity index (χ0v) is 14.1. The van der Waals surface area contributed by atoms with Crippen LogP contribution >= 0.6 is 0 Å². The first-order valence-electron chi connectivity index (χ1n) is 8.06. The summed E-state index contributed by atoms with van der Waals surface area (Å²) in [5.41, 5.74) is -2.03. The molecule has 150 valence electrons. The zero-order chi connectivity index (χ0) is 20.5. The normalized spacial score (nSPS) is 17.6. The van der Waals surface area contributed by atoms with Crippen molar-refractivity contribution in [1.82, 2.24) is 14.9 Å². The van der Waals surface area contributed by atoms with Crippen LogP contribution in [0.3, 0.4) is 0 Å². The van der Waals surface area contributed by atoms with Gasteiger partial charge in [0, 0.05) is 31.4 Å². The Bertz CT molecular complexity index is 851. The molecule has 0 N–H and O–H groups in total. The first kappa shape index (κ1) is 19.9. The predicted molar refractivity (Wildman–Crippen MR) is 83.4 cm³/mol. The summed E-state index contributed by atoms with van der Waals surface area (Å²) in [5, 5.41) is 0. The molecule has 1 fully saturated rings. The summed E-state index contributed by atoms with van der Waals surface area (Å²) in [6.07, 6.45) is -7.56. The van der Waals surface area contributed by atoms with Crippen LogP contribution in [0, 0.1) is 0 Å². The van der Waals surface area contributed by atoms with Gasteiger partial charge in [0.2, 0.25) is 5.88 Å². The van der Waals surface area contributed by atoms with Crippen LogP contribution in [-0.4, -0.2) is 40.0 Å². The molecule has 2 aromatic heterocycles. The van der Waals surface area contributed by atoms with Crippen LogP contribution in [0.15, 0.2) is 36.7 Å². The molecular formula is C17H13F6N3O2. The Balaban J connectivity index is 1.63. The molecule has 1 aliphatic heterocycles. The molecule has 0 aromatic carbocycles. The topological polar surface area (TPSA) is 55.3 Å². The van der Waals surface area contributed by atoms with Gasteiger partial charge in [-0.05, 0) is 18.2 Å². The summed E-state index contributed by atoms with van der Waals surface area (Å²) in [6, 6.07) is 3.32. The van der Waals surface area contributed by atoms with Gasteiger partial charge >= 0.3 is 12.4 Å². The van der Waals surface area contributed by atoms with Gasteiger partial charge in [0.05, 0.1) is 17.7 Å². The van der Waals surface area contributed by atoms with Gasteiger partial charge in [-0.15, -0.1) is 0 Å². The summed E-state index contributed by atoms with van der Waals surface area (Å²) >= 11 is 0. The molecule has 0 aliphatic carbocycles. The summed E-state index contributed by atoms with van der Waals surface area (Å²) in [6.45, 7) is 0.307. The van der Waals surface area contributed by atoms with Crippen molar-refractivity contribution in [3.8, 4) is 5.88 Å². The van der Waals surface area contributed by atoms with Crippen LogP contribution in [0.4, 0.5) is 26.3 Å². The molecule has 1 aliphatic rings. The van der Waals surface area contributed by atoms with Gasteiger partial charge in [-0.3, -0.25) is 9.78 Å².